The minimum absolute atomic E-state index is 0.0329. The lowest BCUT2D eigenvalue weighted by Gasteiger charge is -2.30. The number of H-pyrrole nitrogens is 1. The lowest BCUT2D eigenvalue weighted by Crippen LogP contribution is -2.38. The molecule has 2 N–H and O–H groups in total. The van der Waals surface area contributed by atoms with E-state index < -0.39 is 23.3 Å². The van der Waals surface area contributed by atoms with Gasteiger partial charge in [-0.25, -0.2) is 4.98 Å². The van der Waals surface area contributed by atoms with E-state index in [0.29, 0.717) is 37.3 Å². The van der Waals surface area contributed by atoms with Crippen LogP contribution in [0.1, 0.15) is 40.7 Å². The van der Waals surface area contributed by atoms with E-state index in [1.54, 1.807) is 23.1 Å². The standard InChI is InChI=1S/C26H22F3N7O3/c1-2-22(37)36-12-4-5-16(14-36)25-33-23(35-39-25)15-8-9-18(17(13-15)26(27,28)29)32-24(38)21-7-3-6-19(31-21)20-10-11-30-34-20/h2-3,6-11,13,16H,1,4-5,12,14H2,(H,30,34)(H,32,38)/t16-/m0/s1. The first kappa shape index (κ1) is 25.8. The van der Waals surface area contributed by atoms with Crippen LogP contribution in [0.3, 0.4) is 0 Å². The van der Waals surface area contributed by atoms with Crippen LogP contribution in [0.2, 0.25) is 0 Å². The van der Waals surface area contributed by atoms with Gasteiger partial charge in [0.2, 0.25) is 17.6 Å². The highest BCUT2D eigenvalue weighted by atomic mass is 19.4. The largest absolute Gasteiger partial charge is 0.418 e. The van der Waals surface area contributed by atoms with Crippen molar-refractivity contribution in [3.8, 4) is 22.8 Å². The van der Waals surface area contributed by atoms with Crippen molar-refractivity contribution in [2.75, 3.05) is 18.4 Å². The summed E-state index contributed by atoms with van der Waals surface area (Å²) in [5, 5.41) is 12.7. The van der Waals surface area contributed by atoms with Gasteiger partial charge in [0.25, 0.3) is 5.91 Å². The molecular formula is C26H22F3N7O3. The molecule has 200 valence electrons. The molecule has 0 aliphatic carbocycles. The average molecular weight is 538 g/mol. The monoisotopic (exact) mass is 537 g/mol. The zero-order valence-electron chi connectivity index (χ0n) is 20.4. The maximum atomic E-state index is 14.0. The van der Waals surface area contributed by atoms with Crippen molar-refractivity contribution in [1.82, 2.24) is 30.2 Å². The molecule has 2 amide bonds. The van der Waals surface area contributed by atoms with Crippen molar-refractivity contribution in [3.63, 3.8) is 0 Å². The Kier molecular flexibility index (Phi) is 6.96. The van der Waals surface area contributed by atoms with Crippen LogP contribution in [0.15, 0.2) is 65.8 Å². The Labute approximate surface area is 219 Å². The predicted octanol–water partition coefficient (Wildman–Crippen LogP) is 4.68. The second kappa shape index (κ2) is 10.5. The van der Waals surface area contributed by atoms with E-state index in [1.807, 2.05) is 0 Å². The van der Waals surface area contributed by atoms with Crippen LogP contribution in [0.5, 0.6) is 0 Å². The zero-order chi connectivity index (χ0) is 27.6. The Morgan fingerprint density at radius 2 is 2.03 bits per heavy atom. The molecule has 39 heavy (non-hydrogen) atoms. The van der Waals surface area contributed by atoms with Gasteiger partial charge in [-0.05, 0) is 55.3 Å². The normalized spacial score (nSPS) is 15.7. The van der Waals surface area contributed by atoms with Gasteiger partial charge in [0.15, 0.2) is 0 Å². The summed E-state index contributed by atoms with van der Waals surface area (Å²) in [6.07, 6.45) is -0.634. The molecule has 3 aromatic heterocycles. The van der Waals surface area contributed by atoms with E-state index in [-0.39, 0.29) is 34.8 Å². The van der Waals surface area contributed by atoms with Gasteiger partial charge in [-0.2, -0.15) is 23.3 Å². The molecule has 0 bridgehead atoms. The van der Waals surface area contributed by atoms with E-state index in [9.17, 15) is 22.8 Å². The second-order valence-corrected chi connectivity index (χ2v) is 8.87. The summed E-state index contributed by atoms with van der Waals surface area (Å²) < 4.78 is 47.4. The fraction of sp³-hybridized carbons (Fsp3) is 0.231. The Hall–Kier alpha value is -4.81. The molecule has 1 atom stereocenters. The number of anilines is 1. The fourth-order valence-electron chi connectivity index (χ4n) is 4.35. The summed E-state index contributed by atoms with van der Waals surface area (Å²) in [5.41, 5.74) is -0.570. The van der Waals surface area contributed by atoms with Gasteiger partial charge in [0, 0.05) is 24.8 Å². The van der Waals surface area contributed by atoms with Crippen molar-refractivity contribution in [2.24, 2.45) is 0 Å². The minimum atomic E-state index is -4.79. The first-order valence-corrected chi connectivity index (χ1v) is 12.0. The molecule has 0 radical (unpaired) electrons. The highest BCUT2D eigenvalue weighted by molar-refractivity contribution is 6.03. The molecule has 10 nitrogen and oxygen atoms in total. The molecule has 0 spiro atoms. The van der Waals surface area contributed by atoms with Crippen molar-refractivity contribution in [2.45, 2.75) is 24.9 Å². The maximum absolute atomic E-state index is 14.0. The third kappa shape index (κ3) is 5.56. The van der Waals surface area contributed by atoms with E-state index >= 15 is 0 Å². The summed E-state index contributed by atoms with van der Waals surface area (Å²) in [4.78, 5) is 34.9. The summed E-state index contributed by atoms with van der Waals surface area (Å²) in [7, 11) is 0. The van der Waals surface area contributed by atoms with Gasteiger partial charge in [-0.15, -0.1) is 0 Å². The van der Waals surface area contributed by atoms with Gasteiger partial charge in [0.05, 0.1) is 28.6 Å². The number of nitrogens with one attached hydrogen (secondary N) is 2. The summed E-state index contributed by atoms with van der Waals surface area (Å²) in [6, 6.07) is 9.61. The Bertz CT molecular complexity index is 1520. The highest BCUT2D eigenvalue weighted by Crippen LogP contribution is 2.38. The molecule has 13 heteroatoms. The van der Waals surface area contributed by atoms with E-state index in [1.165, 1.54) is 24.4 Å². The number of pyridine rings is 1. The van der Waals surface area contributed by atoms with Crippen molar-refractivity contribution < 1.29 is 27.3 Å². The molecular weight excluding hydrogens is 515 g/mol. The maximum Gasteiger partial charge on any atom is 0.418 e. The SMILES string of the molecule is C=CC(=O)N1CCC[C@H](c2nc(-c3ccc(NC(=O)c4cccc(-c5ccn[nH]5)n4)c(C(F)(F)F)c3)no2)C1. The molecule has 1 fully saturated rings. The molecule has 1 aromatic carbocycles. The highest BCUT2D eigenvalue weighted by Gasteiger charge is 2.35. The molecule has 4 heterocycles. The number of alkyl halides is 3. The lowest BCUT2D eigenvalue weighted by molar-refractivity contribution is -0.137. The third-order valence-electron chi connectivity index (χ3n) is 6.29. The summed E-state index contributed by atoms with van der Waals surface area (Å²) >= 11 is 0. The number of rotatable bonds is 6. The number of benzene rings is 1. The van der Waals surface area contributed by atoms with E-state index in [4.69, 9.17) is 4.52 Å². The molecule has 1 aliphatic rings. The zero-order valence-corrected chi connectivity index (χ0v) is 20.4. The summed E-state index contributed by atoms with van der Waals surface area (Å²) in [6.45, 7) is 4.42. The molecule has 1 saturated heterocycles. The number of aromatic amines is 1. The fourth-order valence-corrected chi connectivity index (χ4v) is 4.35. The number of hydrogen-bond acceptors (Lipinski definition) is 7. The Morgan fingerprint density at radius 1 is 1.18 bits per heavy atom. The smallest absolute Gasteiger partial charge is 0.339 e. The number of hydrogen-bond donors (Lipinski definition) is 2. The van der Waals surface area contributed by atoms with Gasteiger partial charge in [-0.3, -0.25) is 14.7 Å². The molecule has 0 unspecified atom stereocenters. The van der Waals surface area contributed by atoms with Gasteiger partial charge >= 0.3 is 6.18 Å². The van der Waals surface area contributed by atoms with Crippen LogP contribution in [0, 0.1) is 0 Å². The van der Waals surface area contributed by atoms with E-state index in [0.717, 1.165) is 12.1 Å². The van der Waals surface area contributed by atoms with Crippen LogP contribution in [0.4, 0.5) is 18.9 Å². The lowest BCUT2D eigenvalue weighted by atomic mass is 9.98. The average Bonchev–Trinajstić information content (AvgIpc) is 3.66. The first-order chi connectivity index (χ1) is 18.7. The minimum Gasteiger partial charge on any atom is -0.339 e. The number of halogens is 3. The Morgan fingerprint density at radius 3 is 2.77 bits per heavy atom. The second-order valence-electron chi connectivity index (χ2n) is 8.87. The first-order valence-electron chi connectivity index (χ1n) is 12.0. The number of aromatic nitrogens is 5. The molecule has 4 aromatic rings. The van der Waals surface area contributed by atoms with Crippen LogP contribution >= 0.6 is 0 Å². The Balaban J connectivity index is 1.38. The summed E-state index contributed by atoms with van der Waals surface area (Å²) in [5.74, 6) is -1.06. The number of carbonyl (C=O) groups excluding carboxylic acids is 2. The number of amides is 2. The number of piperidine rings is 1. The predicted molar refractivity (Wildman–Crippen MR) is 133 cm³/mol. The number of nitrogens with zero attached hydrogens (tertiary/aromatic N) is 5. The molecule has 0 saturated carbocycles. The topological polar surface area (TPSA) is 130 Å². The molecule has 1 aliphatic heterocycles. The van der Waals surface area contributed by atoms with Crippen LogP contribution < -0.4 is 5.32 Å². The van der Waals surface area contributed by atoms with Crippen molar-refractivity contribution in [3.05, 3.63) is 78.5 Å². The van der Waals surface area contributed by atoms with Crippen molar-refractivity contribution >= 4 is 17.5 Å². The van der Waals surface area contributed by atoms with Crippen LogP contribution in [0.25, 0.3) is 22.8 Å². The van der Waals surface area contributed by atoms with Crippen molar-refractivity contribution in [1.29, 1.82) is 0 Å². The van der Waals surface area contributed by atoms with Crippen LogP contribution in [-0.4, -0.2) is 55.1 Å². The quantitative estimate of drug-likeness (QED) is 0.342. The third-order valence-corrected chi connectivity index (χ3v) is 6.29. The molecule has 5 rings (SSSR count). The van der Waals surface area contributed by atoms with Gasteiger partial charge in [0.1, 0.15) is 5.69 Å². The van der Waals surface area contributed by atoms with E-state index in [2.05, 4.69) is 37.2 Å². The number of carbonyl (C=O) groups is 2. The number of likely N-dealkylation sites (tertiary alicyclic amines) is 1. The van der Waals surface area contributed by atoms with Crippen LogP contribution in [-0.2, 0) is 11.0 Å². The van der Waals surface area contributed by atoms with Gasteiger partial charge < -0.3 is 14.7 Å². The van der Waals surface area contributed by atoms with Gasteiger partial charge in [-0.1, -0.05) is 17.8 Å².